The quantitative estimate of drug-likeness (QED) is 0.538. The normalized spacial score (nSPS) is 16.8. The number of rotatable bonds is 2. The first-order valence-corrected chi connectivity index (χ1v) is 10.1. The second-order valence-electron chi connectivity index (χ2n) is 8.65. The molecule has 0 spiro atoms. The summed E-state index contributed by atoms with van der Waals surface area (Å²) < 4.78 is 49.2. The zero-order chi connectivity index (χ0) is 23.1. The number of fused-ring (bicyclic) bond motifs is 1. The molecule has 1 amide bonds. The summed E-state index contributed by atoms with van der Waals surface area (Å²) in [6.07, 6.45) is -4.72. The van der Waals surface area contributed by atoms with Crippen LogP contribution in [0.3, 0.4) is 0 Å². The van der Waals surface area contributed by atoms with Crippen molar-refractivity contribution in [1.82, 2.24) is 15.1 Å². The van der Waals surface area contributed by atoms with Crippen LogP contribution in [0.15, 0.2) is 52.9 Å². The third kappa shape index (κ3) is 4.32. The van der Waals surface area contributed by atoms with E-state index in [0.29, 0.717) is 17.9 Å². The van der Waals surface area contributed by atoms with Crippen molar-refractivity contribution in [3.63, 3.8) is 0 Å². The number of amides is 1. The van der Waals surface area contributed by atoms with Crippen LogP contribution in [-0.2, 0) is 17.5 Å². The van der Waals surface area contributed by atoms with E-state index >= 15 is 0 Å². The van der Waals surface area contributed by atoms with E-state index < -0.39 is 17.5 Å². The molecule has 3 aromatic rings. The highest BCUT2D eigenvalue weighted by Crippen LogP contribution is 2.37. The molecule has 0 radical (unpaired) electrons. The van der Waals surface area contributed by atoms with E-state index in [4.69, 9.17) is 9.15 Å². The summed E-state index contributed by atoms with van der Waals surface area (Å²) in [7, 11) is 0. The van der Waals surface area contributed by atoms with Crippen LogP contribution in [0.25, 0.3) is 11.5 Å². The Morgan fingerprint density at radius 2 is 1.78 bits per heavy atom. The van der Waals surface area contributed by atoms with E-state index in [9.17, 15) is 18.0 Å². The first kappa shape index (κ1) is 21.9. The maximum absolute atomic E-state index is 13.3. The van der Waals surface area contributed by atoms with Crippen LogP contribution < -0.4 is 4.74 Å². The van der Waals surface area contributed by atoms with Crippen LogP contribution in [0.2, 0.25) is 0 Å². The molecule has 168 valence electrons. The number of nitrogens with zero attached hydrogens (tertiary/aromatic N) is 3. The lowest BCUT2D eigenvalue weighted by Gasteiger charge is -2.34. The Bertz CT molecular complexity index is 1120. The van der Waals surface area contributed by atoms with Crippen molar-refractivity contribution >= 4 is 5.91 Å². The van der Waals surface area contributed by atoms with Crippen molar-refractivity contribution in [3.05, 3.63) is 65.5 Å². The van der Waals surface area contributed by atoms with Crippen LogP contribution in [0.5, 0.6) is 5.75 Å². The third-order valence-electron chi connectivity index (χ3n) is 5.18. The summed E-state index contributed by atoms with van der Waals surface area (Å²) in [6.45, 7) is 6.08. The first-order chi connectivity index (χ1) is 15.0. The van der Waals surface area contributed by atoms with Gasteiger partial charge in [-0.05, 0) is 17.7 Å². The topological polar surface area (TPSA) is 68.5 Å². The predicted molar refractivity (Wildman–Crippen MR) is 109 cm³/mol. The molecule has 2 heterocycles. The third-order valence-corrected chi connectivity index (χ3v) is 5.18. The lowest BCUT2D eigenvalue weighted by atomic mass is 9.92. The predicted octanol–water partition coefficient (Wildman–Crippen LogP) is 5.26. The van der Waals surface area contributed by atoms with Gasteiger partial charge < -0.3 is 14.1 Å². The highest BCUT2D eigenvalue weighted by atomic mass is 19.4. The molecule has 0 saturated heterocycles. The minimum Gasteiger partial charge on any atom is -0.491 e. The monoisotopic (exact) mass is 445 g/mol. The zero-order valence-corrected chi connectivity index (χ0v) is 17.8. The summed E-state index contributed by atoms with van der Waals surface area (Å²) in [5, 5.41) is 6.58. The highest BCUT2D eigenvalue weighted by Gasteiger charge is 2.39. The molecular formula is C23H22F3N3O3. The van der Waals surface area contributed by atoms with Crippen LogP contribution in [0.4, 0.5) is 13.2 Å². The van der Waals surface area contributed by atoms with Crippen molar-refractivity contribution in [1.29, 1.82) is 0 Å². The molecule has 6 nitrogen and oxygen atoms in total. The van der Waals surface area contributed by atoms with E-state index in [1.807, 2.05) is 51.1 Å². The maximum Gasteiger partial charge on any atom is 0.470 e. The van der Waals surface area contributed by atoms with E-state index in [1.54, 1.807) is 23.1 Å². The van der Waals surface area contributed by atoms with Crippen molar-refractivity contribution in [2.75, 3.05) is 6.61 Å². The summed E-state index contributed by atoms with van der Waals surface area (Å²) in [4.78, 5) is 15.1. The molecule has 4 rings (SSSR count). The Morgan fingerprint density at radius 3 is 2.41 bits per heavy atom. The Labute approximate surface area is 183 Å². The average molecular weight is 445 g/mol. The van der Waals surface area contributed by atoms with Gasteiger partial charge in [0, 0.05) is 16.5 Å². The van der Waals surface area contributed by atoms with Gasteiger partial charge in [-0.1, -0.05) is 57.2 Å². The number of carbonyl (C=O) groups excluding carboxylic acids is 1. The van der Waals surface area contributed by atoms with Crippen LogP contribution in [0.1, 0.15) is 43.8 Å². The standard InChI is InChI=1S/C23H22F3N3O3/c1-22(2,3)21(30)29-12-16-10-9-15(19-27-28-20(32-19)23(24,25)26)11-18(16)31-13-17(29)14-7-5-4-6-8-14/h4-11,17H,12-13H2,1-3H3. The number of aromatic nitrogens is 2. The number of benzene rings is 2. The lowest BCUT2D eigenvalue weighted by Crippen LogP contribution is -2.42. The second-order valence-corrected chi connectivity index (χ2v) is 8.65. The van der Waals surface area contributed by atoms with Gasteiger partial charge in [0.1, 0.15) is 12.4 Å². The van der Waals surface area contributed by atoms with Crippen LogP contribution in [0, 0.1) is 5.41 Å². The molecule has 32 heavy (non-hydrogen) atoms. The fourth-order valence-electron chi connectivity index (χ4n) is 3.55. The van der Waals surface area contributed by atoms with Crippen LogP contribution >= 0.6 is 0 Å². The van der Waals surface area contributed by atoms with Gasteiger partial charge in [0.05, 0.1) is 12.6 Å². The van der Waals surface area contributed by atoms with Crippen molar-refractivity contribution in [2.45, 2.75) is 39.5 Å². The maximum atomic E-state index is 13.3. The van der Waals surface area contributed by atoms with E-state index in [-0.39, 0.29) is 24.4 Å². The van der Waals surface area contributed by atoms with E-state index in [1.165, 1.54) is 0 Å². The molecule has 1 aliphatic heterocycles. The van der Waals surface area contributed by atoms with Crippen molar-refractivity contribution in [3.8, 4) is 17.2 Å². The molecule has 0 N–H and O–H groups in total. The summed E-state index contributed by atoms with van der Waals surface area (Å²) >= 11 is 0. The molecule has 2 aromatic carbocycles. The van der Waals surface area contributed by atoms with Crippen LogP contribution in [-0.4, -0.2) is 27.6 Å². The molecular weight excluding hydrogens is 423 g/mol. The fraction of sp³-hybridized carbons (Fsp3) is 0.348. The highest BCUT2D eigenvalue weighted by molar-refractivity contribution is 5.82. The van der Waals surface area contributed by atoms with Gasteiger partial charge in [-0.15, -0.1) is 10.2 Å². The molecule has 1 atom stereocenters. The van der Waals surface area contributed by atoms with Gasteiger partial charge in [0.15, 0.2) is 0 Å². The lowest BCUT2D eigenvalue weighted by molar-refractivity contribution is -0.157. The number of carbonyl (C=O) groups is 1. The molecule has 0 saturated carbocycles. The molecule has 1 aliphatic rings. The Morgan fingerprint density at radius 1 is 1.06 bits per heavy atom. The number of hydrogen-bond donors (Lipinski definition) is 0. The zero-order valence-electron chi connectivity index (χ0n) is 17.8. The average Bonchev–Trinajstić information content (AvgIpc) is 3.16. The Kier molecular flexibility index (Phi) is 5.44. The Balaban J connectivity index is 1.70. The number of ether oxygens (including phenoxy) is 1. The smallest absolute Gasteiger partial charge is 0.470 e. The molecule has 0 fully saturated rings. The molecule has 1 aromatic heterocycles. The van der Waals surface area contributed by atoms with Crippen molar-refractivity contribution < 1.29 is 27.1 Å². The van der Waals surface area contributed by atoms with Crippen molar-refractivity contribution in [2.24, 2.45) is 5.41 Å². The largest absolute Gasteiger partial charge is 0.491 e. The first-order valence-electron chi connectivity index (χ1n) is 10.1. The van der Waals surface area contributed by atoms with Gasteiger partial charge >= 0.3 is 12.1 Å². The summed E-state index contributed by atoms with van der Waals surface area (Å²) in [5.74, 6) is -1.23. The molecule has 1 unspecified atom stereocenters. The van der Waals surface area contributed by atoms with Gasteiger partial charge in [-0.2, -0.15) is 13.2 Å². The summed E-state index contributed by atoms with van der Waals surface area (Å²) in [5.41, 5.74) is 1.37. The molecule has 9 heteroatoms. The SMILES string of the molecule is CC(C)(C)C(=O)N1Cc2ccc(-c3nnc(C(F)(F)F)o3)cc2OCC1c1ccccc1. The molecule has 0 bridgehead atoms. The van der Waals surface area contributed by atoms with Gasteiger partial charge in [0.2, 0.25) is 11.8 Å². The second kappa shape index (κ2) is 7.96. The van der Waals surface area contributed by atoms with E-state index in [2.05, 4.69) is 10.2 Å². The van der Waals surface area contributed by atoms with Gasteiger partial charge in [0.25, 0.3) is 0 Å². The minimum atomic E-state index is -4.72. The number of alkyl halides is 3. The number of hydrogen-bond acceptors (Lipinski definition) is 5. The Hall–Kier alpha value is -3.36. The summed E-state index contributed by atoms with van der Waals surface area (Å²) in [6, 6.07) is 14.1. The fourth-order valence-corrected chi connectivity index (χ4v) is 3.55. The van der Waals surface area contributed by atoms with Gasteiger partial charge in [-0.25, -0.2) is 0 Å². The minimum absolute atomic E-state index is 0.0291. The van der Waals surface area contributed by atoms with E-state index in [0.717, 1.165) is 11.1 Å². The van der Waals surface area contributed by atoms with Gasteiger partial charge in [-0.3, -0.25) is 4.79 Å². The number of halogens is 3. The molecule has 0 aliphatic carbocycles.